The van der Waals surface area contributed by atoms with Gasteiger partial charge in [-0.15, -0.1) is 0 Å². The Morgan fingerprint density at radius 2 is 2.25 bits per heavy atom. The van der Waals surface area contributed by atoms with E-state index in [9.17, 15) is 9.59 Å². The molecule has 5 nitrogen and oxygen atoms in total. The van der Waals surface area contributed by atoms with Gasteiger partial charge >= 0.3 is 12.0 Å². The van der Waals surface area contributed by atoms with E-state index in [1.807, 2.05) is 11.8 Å². The van der Waals surface area contributed by atoms with Gasteiger partial charge in [-0.05, 0) is 26.2 Å². The maximum Gasteiger partial charge on any atom is 0.317 e. The number of carboxylic acid groups (broad SMARTS) is 1. The summed E-state index contributed by atoms with van der Waals surface area (Å²) in [5.41, 5.74) is 0. The number of amides is 2. The molecule has 16 heavy (non-hydrogen) atoms. The van der Waals surface area contributed by atoms with Crippen molar-refractivity contribution >= 4 is 12.0 Å². The molecule has 0 saturated carbocycles. The molecular weight excluding hydrogens is 208 g/mol. The average Bonchev–Trinajstić information content (AvgIpc) is 2.64. The third-order valence-corrected chi connectivity index (χ3v) is 3.09. The number of nitrogens with zero attached hydrogens (tertiary/aromatic N) is 1. The maximum absolute atomic E-state index is 11.7. The lowest BCUT2D eigenvalue weighted by molar-refractivity contribution is -0.141. The van der Waals surface area contributed by atoms with Crippen molar-refractivity contribution in [1.29, 1.82) is 0 Å². The van der Waals surface area contributed by atoms with E-state index in [1.165, 1.54) is 0 Å². The third-order valence-electron chi connectivity index (χ3n) is 3.09. The van der Waals surface area contributed by atoms with Gasteiger partial charge in [-0.25, -0.2) is 4.79 Å². The van der Waals surface area contributed by atoms with Gasteiger partial charge in [-0.3, -0.25) is 4.79 Å². The second-order valence-electron chi connectivity index (χ2n) is 4.44. The number of likely N-dealkylation sites (tertiary alicyclic amines) is 1. The summed E-state index contributed by atoms with van der Waals surface area (Å²) in [4.78, 5) is 24.0. The summed E-state index contributed by atoms with van der Waals surface area (Å²) in [5.74, 6) is -1.22. The highest BCUT2D eigenvalue weighted by Gasteiger charge is 2.24. The summed E-state index contributed by atoms with van der Waals surface area (Å²) in [6.45, 7) is 4.91. The van der Waals surface area contributed by atoms with Crippen LogP contribution in [0, 0.1) is 5.92 Å². The minimum absolute atomic E-state index is 0.0670. The molecule has 0 aromatic heterocycles. The molecule has 0 radical (unpaired) electrons. The Kier molecular flexibility index (Phi) is 4.58. The molecule has 0 spiro atoms. The smallest absolute Gasteiger partial charge is 0.317 e. The van der Waals surface area contributed by atoms with Gasteiger partial charge in [0.2, 0.25) is 0 Å². The van der Waals surface area contributed by atoms with Gasteiger partial charge in [0.15, 0.2) is 0 Å². The summed E-state index contributed by atoms with van der Waals surface area (Å²) < 4.78 is 0. The van der Waals surface area contributed by atoms with E-state index >= 15 is 0 Å². The highest BCUT2D eigenvalue weighted by atomic mass is 16.4. The zero-order valence-corrected chi connectivity index (χ0v) is 9.90. The lowest BCUT2D eigenvalue weighted by atomic mass is 10.1. The molecule has 1 rings (SSSR count). The molecule has 1 saturated heterocycles. The number of nitrogens with one attached hydrogen (secondary N) is 1. The molecule has 1 aliphatic rings. The van der Waals surface area contributed by atoms with Crippen molar-refractivity contribution in [3.05, 3.63) is 0 Å². The molecule has 0 aromatic rings. The zero-order valence-electron chi connectivity index (χ0n) is 9.90. The first kappa shape index (κ1) is 12.8. The van der Waals surface area contributed by atoms with Crippen LogP contribution in [0.15, 0.2) is 0 Å². The van der Waals surface area contributed by atoms with Gasteiger partial charge in [0.05, 0.1) is 5.92 Å². The molecule has 2 amide bonds. The molecule has 1 fully saturated rings. The van der Waals surface area contributed by atoms with Gasteiger partial charge < -0.3 is 15.3 Å². The van der Waals surface area contributed by atoms with Crippen LogP contribution in [0.1, 0.15) is 33.1 Å². The normalized spacial score (nSPS) is 21.9. The number of aliphatic carboxylic acids is 1. The van der Waals surface area contributed by atoms with E-state index in [0.717, 1.165) is 19.4 Å². The molecule has 1 aliphatic heterocycles. The molecule has 0 aromatic carbocycles. The van der Waals surface area contributed by atoms with Crippen LogP contribution in [0.3, 0.4) is 0 Å². The Labute approximate surface area is 95.8 Å². The fraction of sp³-hybridized carbons (Fsp3) is 0.818. The van der Waals surface area contributed by atoms with E-state index in [1.54, 1.807) is 6.92 Å². The number of rotatable bonds is 4. The Morgan fingerprint density at radius 1 is 1.56 bits per heavy atom. The highest BCUT2D eigenvalue weighted by molar-refractivity contribution is 5.75. The predicted octanol–water partition coefficient (Wildman–Crippen LogP) is 1.29. The highest BCUT2D eigenvalue weighted by Crippen LogP contribution is 2.15. The number of hydrogen-bond acceptors (Lipinski definition) is 2. The molecule has 92 valence electrons. The topological polar surface area (TPSA) is 69.6 Å². The number of urea groups is 1. The molecule has 5 heteroatoms. The second kappa shape index (κ2) is 5.72. The van der Waals surface area contributed by atoms with Gasteiger partial charge in [0.25, 0.3) is 0 Å². The Morgan fingerprint density at radius 3 is 2.75 bits per heavy atom. The first-order chi connectivity index (χ1) is 7.52. The Balaban J connectivity index is 2.22. The monoisotopic (exact) mass is 228 g/mol. The second-order valence-corrected chi connectivity index (χ2v) is 4.44. The van der Waals surface area contributed by atoms with E-state index < -0.39 is 11.9 Å². The van der Waals surface area contributed by atoms with Gasteiger partial charge in [-0.2, -0.15) is 0 Å². The van der Waals surface area contributed by atoms with Crippen LogP contribution in [0.2, 0.25) is 0 Å². The van der Waals surface area contributed by atoms with Crippen molar-refractivity contribution < 1.29 is 14.7 Å². The SMILES string of the molecule is CC(CCNC(=O)N1CCCC1C)C(=O)O. The van der Waals surface area contributed by atoms with Crippen LogP contribution in [0.25, 0.3) is 0 Å². The molecule has 2 atom stereocenters. The minimum atomic E-state index is -0.816. The first-order valence-corrected chi connectivity index (χ1v) is 5.79. The average molecular weight is 228 g/mol. The molecule has 2 unspecified atom stereocenters. The molecule has 1 heterocycles. The van der Waals surface area contributed by atoms with Crippen molar-refractivity contribution in [2.75, 3.05) is 13.1 Å². The maximum atomic E-state index is 11.7. The Hall–Kier alpha value is -1.26. The lowest BCUT2D eigenvalue weighted by Gasteiger charge is -2.22. The van der Waals surface area contributed by atoms with Gasteiger partial charge in [0, 0.05) is 19.1 Å². The molecular formula is C11H20N2O3. The fourth-order valence-corrected chi connectivity index (χ4v) is 1.86. The van der Waals surface area contributed by atoms with Crippen molar-refractivity contribution in [2.45, 2.75) is 39.2 Å². The standard InChI is InChI=1S/C11H20N2O3/c1-8(10(14)15)5-6-12-11(16)13-7-3-4-9(13)2/h8-9H,3-7H2,1-2H3,(H,12,16)(H,14,15). The predicted molar refractivity (Wildman–Crippen MR) is 60.2 cm³/mol. The largest absolute Gasteiger partial charge is 0.481 e. The van der Waals surface area contributed by atoms with E-state index in [-0.39, 0.29) is 6.03 Å². The van der Waals surface area contributed by atoms with Crippen LogP contribution in [0.4, 0.5) is 4.79 Å². The summed E-state index contributed by atoms with van der Waals surface area (Å²) in [6, 6.07) is 0.236. The van der Waals surface area contributed by atoms with Crippen LogP contribution in [0.5, 0.6) is 0 Å². The minimum Gasteiger partial charge on any atom is -0.481 e. The first-order valence-electron chi connectivity index (χ1n) is 5.79. The molecule has 0 bridgehead atoms. The summed E-state index contributed by atoms with van der Waals surface area (Å²) in [7, 11) is 0. The van der Waals surface area contributed by atoms with Crippen LogP contribution < -0.4 is 5.32 Å². The third kappa shape index (κ3) is 3.40. The quantitative estimate of drug-likeness (QED) is 0.761. The van der Waals surface area contributed by atoms with Crippen LogP contribution >= 0.6 is 0 Å². The molecule has 0 aliphatic carbocycles. The van der Waals surface area contributed by atoms with Gasteiger partial charge in [-0.1, -0.05) is 6.92 Å². The number of carbonyl (C=O) groups excluding carboxylic acids is 1. The number of carbonyl (C=O) groups is 2. The summed E-state index contributed by atoms with van der Waals surface area (Å²) in [6.07, 6.45) is 2.59. The molecule has 2 N–H and O–H groups in total. The van der Waals surface area contributed by atoms with Gasteiger partial charge in [0.1, 0.15) is 0 Å². The van der Waals surface area contributed by atoms with Crippen molar-refractivity contribution in [2.24, 2.45) is 5.92 Å². The number of hydrogen-bond donors (Lipinski definition) is 2. The zero-order chi connectivity index (χ0) is 12.1. The Bertz CT molecular complexity index is 268. The fourth-order valence-electron chi connectivity index (χ4n) is 1.86. The number of carboxylic acids is 1. The van der Waals surface area contributed by atoms with Crippen molar-refractivity contribution in [3.63, 3.8) is 0 Å². The van der Waals surface area contributed by atoms with E-state index in [0.29, 0.717) is 19.0 Å². The summed E-state index contributed by atoms with van der Waals surface area (Å²) in [5, 5.41) is 11.4. The van der Waals surface area contributed by atoms with Crippen molar-refractivity contribution in [1.82, 2.24) is 10.2 Å². The summed E-state index contributed by atoms with van der Waals surface area (Å²) >= 11 is 0. The van der Waals surface area contributed by atoms with Crippen LogP contribution in [-0.4, -0.2) is 41.1 Å². The van der Waals surface area contributed by atoms with E-state index in [2.05, 4.69) is 5.32 Å². The lowest BCUT2D eigenvalue weighted by Crippen LogP contribution is -2.42. The van der Waals surface area contributed by atoms with Crippen LogP contribution in [-0.2, 0) is 4.79 Å². The van der Waals surface area contributed by atoms with Crippen molar-refractivity contribution in [3.8, 4) is 0 Å². The van der Waals surface area contributed by atoms with E-state index in [4.69, 9.17) is 5.11 Å².